The number of carbonyl (C=O) groups is 1. The Kier molecular flexibility index (Phi) is 5.44. The maximum Gasteiger partial charge on any atom is 0.269 e. The van der Waals surface area contributed by atoms with Gasteiger partial charge in [-0.1, -0.05) is 0 Å². The average molecular weight is 380 g/mol. The highest BCUT2D eigenvalue weighted by molar-refractivity contribution is 5.98. The summed E-state index contributed by atoms with van der Waals surface area (Å²) in [6, 6.07) is 15.1. The Balaban J connectivity index is 1.76. The van der Waals surface area contributed by atoms with Crippen molar-refractivity contribution in [2.24, 2.45) is 0 Å². The molecule has 7 heteroatoms. The number of aromatic nitrogens is 1. The van der Waals surface area contributed by atoms with Crippen LogP contribution in [0.5, 0.6) is 11.5 Å². The van der Waals surface area contributed by atoms with Crippen LogP contribution in [0.15, 0.2) is 54.6 Å². The van der Waals surface area contributed by atoms with E-state index in [1.54, 1.807) is 7.11 Å². The molecule has 144 valence electrons. The van der Waals surface area contributed by atoms with Crippen molar-refractivity contribution >= 4 is 11.5 Å². The second kappa shape index (κ2) is 7.96. The number of carbonyl (C=O) groups excluding carboxylic acids is 1. The van der Waals surface area contributed by atoms with Crippen LogP contribution in [-0.2, 0) is 0 Å². The lowest BCUT2D eigenvalue weighted by Gasteiger charge is -2.11. The van der Waals surface area contributed by atoms with Crippen molar-refractivity contribution in [2.75, 3.05) is 13.7 Å². The Morgan fingerprint density at radius 1 is 1.04 bits per heavy atom. The normalized spacial score (nSPS) is 10.5. The standard InChI is InChI=1S/C21H20N2O5/c1-14-12-20(15(2)22(14)16-4-8-18(27-3)9-5-16)21(24)13-28-19-10-6-17(7-11-19)23(25)26/h4-12H,13H2,1-3H3. The summed E-state index contributed by atoms with van der Waals surface area (Å²) in [5, 5.41) is 10.7. The van der Waals surface area contributed by atoms with Crippen LogP contribution in [0.3, 0.4) is 0 Å². The fourth-order valence-electron chi connectivity index (χ4n) is 3.06. The molecule has 0 aliphatic carbocycles. The molecule has 0 spiro atoms. The molecule has 2 aromatic carbocycles. The number of rotatable bonds is 7. The van der Waals surface area contributed by atoms with Gasteiger partial charge in [0.15, 0.2) is 6.61 Å². The Hall–Kier alpha value is -3.61. The van der Waals surface area contributed by atoms with Crippen LogP contribution < -0.4 is 9.47 Å². The first kappa shape index (κ1) is 19.2. The zero-order valence-corrected chi connectivity index (χ0v) is 15.8. The number of aryl methyl sites for hydroxylation is 1. The largest absolute Gasteiger partial charge is 0.497 e. The average Bonchev–Trinajstić information content (AvgIpc) is 3.00. The summed E-state index contributed by atoms with van der Waals surface area (Å²) < 4.78 is 12.7. The van der Waals surface area contributed by atoms with E-state index >= 15 is 0 Å². The Bertz CT molecular complexity index is 1000. The van der Waals surface area contributed by atoms with Crippen molar-refractivity contribution in [2.45, 2.75) is 13.8 Å². The maximum absolute atomic E-state index is 12.6. The molecule has 0 atom stereocenters. The molecule has 0 unspecified atom stereocenters. The third-order valence-corrected chi connectivity index (χ3v) is 4.48. The summed E-state index contributed by atoms with van der Waals surface area (Å²) in [7, 11) is 1.61. The van der Waals surface area contributed by atoms with Gasteiger partial charge in [0.25, 0.3) is 5.69 Å². The lowest BCUT2D eigenvalue weighted by Crippen LogP contribution is -2.12. The van der Waals surface area contributed by atoms with E-state index in [1.165, 1.54) is 24.3 Å². The Labute approximate surface area is 162 Å². The molecule has 0 radical (unpaired) electrons. The van der Waals surface area contributed by atoms with Gasteiger partial charge in [-0.3, -0.25) is 14.9 Å². The number of nitro groups is 1. The first-order chi connectivity index (χ1) is 13.4. The summed E-state index contributed by atoms with van der Waals surface area (Å²) in [6.45, 7) is 3.67. The highest BCUT2D eigenvalue weighted by atomic mass is 16.6. The molecule has 3 rings (SSSR count). The van der Waals surface area contributed by atoms with E-state index in [4.69, 9.17) is 9.47 Å². The highest BCUT2D eigenvalue weighted by Crippen LogP contribution is 2.24. The minimum absolute atomic E-state index is 0.0262. The summed E-state index contributed by atoms with van der Waals surface area (Å²) in [4.78, 5) is 22.9. The second-order valence-electron chi connectivity index (χ2n) is 6.28. The van der Waals surface area contributed by atoms with E-state index in [0.29, 0.717) is 11.3 Å². The molecule has 3 aromatic rings. The molecule has 0 saturated heterocycles. The molecular weight excluding hydrogens is 360 g/mol. The molecule has 1 heterocycles. The van der Waals surface area contributed by atoms with E-state index < -0.39 is 4.92 Å². The minimum Gasteiger partial charge on any atom is -0.497 e. The van der Waals surface area contributed by atoms with Crippen molar-refractivity contribution in [3.05, 3.63) is 81.7 Å². The zero-order valence-electron chi connectivity index (χ0n) is 15.8. The van der Waals surface area contributed by atoms with Gasteiger partial charge in [-0.15, -0.1) is 0 Å². The topological polar surface area (TPSA) is 83.6 Å². The predicted molar refractivity (Wildman–Crippen MR) is 105 cm³/mol. The number of Topliss-reactive ketones (excluding diaryl/α,β-unsaturated/α-hetero) is 1. The maximum atomic E-state index is 12.6. The summed E-state index contributed by atoms with van der Waals surface area (Å²) in [5.41, 5.74) is 3.24. The molecule has 0 amide bonds. The van der Waals surface area contributed by atoms with Crippen LogP contribution in [0.25, 0.3) is 5.69 Å². The number of non-ortho nitro benzene ring substituents is 1. The van der Waals surface area contributed by atoms with Crippen LogP contribution >= 0.6 is 0 Å². The first-order valence-corrected chi connectivity index (χ1v) is 8.64. The number of nitrogens with zero attached hydrogens (tertiary/aromatic N) is 2. The number of hydrogen-bond acceptors (Lipinski definition) is 5. The number of methoxy groups -OCH3 is 1. The number of hydrogen-bond donors (Lipinski definition) is 0. The first-order valence-electron chi connectivity index (χ1n) is 8.64. The van der Waals surface area contributed by atoms with E-state index in [0.717, 1.165) is 22.8 Å². The third kappa shape index (κ3) is 3.88. The Morgan fingerprint density at radius 3 is 2.21 bits per heavy atom. The van der Waals surface area contributed by atoms with Gasteiger partial charge < -0.3 is 14.0 Å². The van der Waals surface area contributed by atoms with E-state index in [-0.39, 0.29) is 18.1 Å². The lowest BCUT2D eigenvalue weighted by molar-refractivity contribution is -0.384. The van der Waals surface area contributed by atoms with Crippen molar-refractivity contribution in [1.29, 1.82) is 0 Å². The SMILES string of the molecule is COc1ccc(-n2c(C)cc(C(=O)COc3ccc([N+](=O)[O-])cc3)c2C)cc1. The van der Waals surface area contributed by atoms with Gasteiger partial charge in [0.05, 0.1) is 12.0 Å². The summed E-state index contributed by atoms with van der Waals surface area (Å²) in [6.07, 6.45) is 0. The van der Waals surface area contributed by atoms with E-state index in [9.17, 15) is 14.9 Å². The van der Waals surface area contributed by atoms with Crippen molar-refractivity contribution in [3.8, 4) is 17.2 Å². The fourth-order valence-corrected chi connectivity index (χ4v) is 3.06. The summed E-state index contributed by atoms with van der Waals surface area (Å²) in [5.74, 6) is 1.01. The van der Waals surface area contributed by atoms with Crippen LogP contribution in [0.4, 0.5) is 5.69 Å². The van der Waals surface area contributed by atoms with E-state index in [1.807, 2.05) is 48.7 Å². The molecule has 0 bridgehead atoms. The molecule has 0 fully saturated rings. The number of benzene rings is 2. The molecule has 0 N–H and O–H groups in total. The van der Waals surface area contributed by atoms with Gasteiger partial charge in [-0.25, -0.2) is 0 Å². The van der Waals surface area contributed by atoms with Crippen molar-refractivity contribution in [3.63, 3.8) is 0 Å². The van der Waals surface area contributed by atoms with Crippen LogP contribution in [0.2, 0.25) is 0 Å². The fraction of sp³-hybridized carbons (Fsp3) is 0.190. The minimum atomic E-state index is -0.483. The molecule has 1 aromatic heterocycles. The molecule has 28 heavy (non-hydrogen) atoms. The lowest BCUT2D eigenvalue weighted by atomic mass is 10.1. The molecule has 0 aliphatic heterocycles. The zero-order chi connectivity index (χ0) is 20.3. The van der Waals surface area contributed by atoms with E-state index in [2.05, 4.69) is 0 Å². The molecule has 0 saturated carbocycles. The van der Waals surface area contributed by atoms with Gasteiger partial charge in [0.2, 0.25) is 5.78 Å². The van der Waals surface area contributed by atoms with Crippen LogP contribution in [0.1, 0.15) is 21.7 Å². The van der Waals surface area contributed by atoms with Crippen molar-refractivity contribution in [1.82, 2.24) is 4.57 Å². The van der Waals surface area contributed by atoms with Crippen LogP contribution in [-0.4, -0.2) is 29.0 Å². The van der Waals surface area contributed by atoms with Gasteiger partial charge >= 0.3 is 0 Å². The van der Waals surface area contributed by atoms with Gasteiger partial charge in [-0.05, 0) is 56.3 Å². The number of ether oxygens (including phenoxy) is 2. The third-order valence-electron chi connectivity index (χ3n) is 4.48. The summed E-state index contributed by atoms with van der Waals surface area (Å²) >= 11 is 0. The molecular formula is C21H20N2O5. The number of ketones is 1. The molecule has 7 nitrogen and oxygen atoms in total. The van der Waals surface area contributed by atoms with Crippen LogP contribution in [0, 0.1) is 24.0 Å². The smallest absolute Gasteiger partial charge is 0.269 e. The molecule has 0 aliphatic rings. The quantitative estimate of drug-likeness (QED) is 0.347. The van der Waals surface area contributed by atoms with Gasteiger partial charge in [0, 0.05) is 34.8 Å². The van der Waals surface area contributed by atoms with Crippen molar-refractivity contribution < 1.29 is 19.2 Å². The monoisotopic (exact) mass is 380 g/mol. The highest BCUT2D eigenvalue weighted by Gasteiger charge is 2.17. The Morgan fingerprint density at radius 2 is 1.64 bits per heavy atom. The van der Waals surface area contributed by atoms with Gasteiger partial charge in [-0.2, -0.15) is 0 Å². The second-order valence-corrected chi connectivity index (χ2v) is 6.28. The predicted octanol–water partition coefficient (Wildman–Crippen LogP) is 4.27. The number of nitro benzene ring substituents is 1. The van der Waals surface area contributed by atoms with Gasteiger partial charge in [0.1, 0.15) is 11.5 Å².